The number of benzene rings is 1. The van der Waals surface area contributed by atoms with Gasteiger partial charge in [0.1, 0.15) is 12.1 Å². The number of nitrogens with one attached hydrogen (secondary N) is 1. The quantitative estimate of drug-likeness (QED) is 0.503. The van der Waals surface area contributed by atoms with Crippen molar-refractivity contribution in [2.45, 2.75) is 31.5 Å². The van der Waals surface area contributed by atoms with Crippen molar-refractivity contribution in [1.82, 2.24) is 5.32 Å². The van der Waals surface area contributed by atoms with Crippen LogP contribution in [-0.2, 0) is 9.53 Å². The molecule has 1 aliphatic heterocycles. The Morgan fingerprint density at radius 1 is 1.47 bits per heavy atom. The van der Waals surface area contributed by atoms with E-state index >= 15 is 0 Å². The first-order valence-electron chi connectivity index (χ1n) is 6.24. The zero-order chi connectivity index (χ0) is 13.8. The minimum absolute atomic E-state index is 0.158. The van der Waals surface area contributed by atoms with Gasteiger partial charge in [0.05, 0.1) is 6.61 Å². The second kappa shape index (κ2) is 5.79. The Morgan fingerprint density at radius 2 is 2.16 bits per heavy atom. The molecule has 0 saturated carbocycles. The molecule has 0 spiro atoms. The van der Waals surface area contributed by atoms with Crippen LogP contribution >= 0.6 is 0 Å². The molecule has 102 valence electrons. The van der Waals surface area contributed by atoms with E-state index < -0.39 is 24.1 Å². The zero-order valence-electron chi connectivity index (χ0n) is 10.6. The largest absolute Gasteiger partial charge is 0.465 e. The maximum Gasteiger partial charge on any atom is 0.323 e. The molecule has 0 aliphatic carbocycles. The fraction of sp³-hybridized carbons (Fsp3) is 0.462. The molecule has 0 bridgehead atoms. The lowest BCUT2D eigenvalue weighted by atomic mass is 10.0. The van der Waals surface area contributed by atoms with Gasteiger partial charge in [-0.05, 0) is 12.5 Å². The number of nitro groups is 1. The van der Waals surface area contributed by atoms with E-state index in [2.05, 4.69) is 5.32 Å². The first-order chi connectivity index (χ1) is 9.13. The van der Waals surface area contributed by atoms with Gasteiger partial charge in [0.25, 0.3) is 0 Å². The molecule has 1 heterocycles. The van der Waals surface area contributed by atoms with Crippen LogP contribution in [0.4, 0.5) is 0 Å². The van der Waals surface area contributed by atoms with Crippen molar-refractivity contribution in [3.8, 4) is 0 Å². The van der Waals surface area contributed by atoms with Gasteiger partial charge in [-0.15, -0.1) is 0 Å². The number of carbonyl (C=O) groups excluding carboxylic acids is 1. The van der Waals surface area contributed by atoms with Crippen LogP contribution in [0.2, 0.25) is 0 Å². The van der Waals surface area contributed by atoms with Crippen LogP contribution in [0.25, 0.3) is 0 Å². The summed E-state index contributed by atoms with van der Waals surface area (Å²) in [7, 11) is 0. The number of hydrogen-bond acceptors (Lipinski definition) is 5. The van der Waals surface area contributed by atoms with Gasteiger partial charge >= 0.3 is 5.97 Å². The van der Waals surface area contributed by atoms with E-state index in [1.807, 2.05) is 30.3 Å². The second-order valence-corrected chi connectivity index (χ2v) is 4.45. The molecule has 1 N–H and O–H groups in total. The SMILES string of the molecule is CCOC(=O)[C@@H]1C[C@H]([N+](=O)[O-])[C@H](c2ccccc2)N1. The predicted molar refractivity (Wildman–Crippen MR) is 68.1 cm³/mol. The number of ether oxygens (including phenoxy) is 1. The van der Waals surface area contributed by atoms with Crippen LogP contribution in [0, 0.1) is 10.1 Å². The lowest BCUT2D eigenvalue weighted by Gasteiger charge is -2.14. The molecule has 0 amide bonds. The molecule has 19 heavy (non-hydrogen) atoms. The molecular weight excluding hydrogens is 248 g/mol. The van der Waals surface area contributed by atoms with Crippen molar-refractivity contribution < 1.29 is 14.5 Å². The van der Waals surface area contributed by atoms with E-state index in [0.29, 0.717) is 0 Å². The number of rotatable bonds is 4. The van der Waals surface area contributed by atoms with Crippen LogP contribution in [0.1, 0.15) is 24.9 Å². The Hall–Kier alpha value is -1.95. The van der Waals surface area contributed by atoms with Gasteiger partial charge in [0.15, 0.2) is 0 Å². The summed E-state index contributed by atoms with van der Waals surface area (Å²) >= 11 is 0. The number of esters is 1. The molecule has 1 fully saturated rings. The summed E-state index contributed by atoms with van der Waals surface area (Å²) in [6.07, 6.45) is 0.158. The number of nitrogens with zero attached hydrogens (tertiary/aromatic N) is 1. The third-order valence-corrected chi connectivity index (χ3v) is 3.24. The third-order valence-electron chi connectivity index (χ3n) is 3.24. The second-order valence-electron chi connectivity index (χ2n) is 4.45. The normalized spacial score (nSPS) is 26.1. The van der Waals surface area contributed by atoms with Crippen molar-refractivity contribution >= 4 is 5.97 Å². The van der Waals surface area contributed by atoms with E-state index in [0.717, 1.165) is 5.56 Å². The van der Waals surface area contributed by atoms with Crippen molar-refractivity contribution in [3.63, 3.8) is 0 Å². The Morgan fingerprint density at radius 3 is 2.74 bits per heavy atom. The van der Waals surface area contributed by atoms with Crippen LogP contribution in [0.5, 0.6) is 0 Å². The Labute approximate surface area is 110 Å². The van der Waals surface area contributed by atoms with Crippen LogP contribution < -0.4 is 5.32 Å². The fourth-order valence-corrected chi connectivity index (χ4v) is 2.37. The predicted octanol–water partition coefficient (Wildman–Crippen LogP) is 1.30. The monoisotopic (exact) mass is 264 g/mol. The number of carbonyl (C=O) groups is 1. The molecule has 6 heteroatoms. The first kappa shape index (κ1) is 13.5. The molecule has 1 aromatic rings. The smallest absolute Gasteiger partial charge is 0.323 e. The number of hydrogen-bond donors (Lipinski definition) is 1. The lowest BCUT2D eigenvalue weighted by molar-refractivity contribution is -0.524. The van der Waals surface area contributed by atoms with Gasteiger partial charge in [0, 0.05) is 11.3 Å². The third kappa shape index (κ3) is 2.90. The lowest BCUT2D eigenvalue weighted by Crippen LogP contribution is -2.34. The Balaban J connectivity index is 2.18. The Bertz CT molecular complexity index is 463. The van der Waals surface area contributed by atoms with Gasteiger partial charge < -0.3 is 4.74 Å². The molecule has 1 aromatic carbocycles. The molecular formula is C13H16N2O4. The standard InChI is InChI=1S/C13H16N2O4/c1-2-19-13(16)10-8-11(15(17)18)12(14-10)9-6-4-3-5-7-9/h3-7,10-12,14H,2,8H2,1H3/t10-,11-,12-/m0/s1. The highest BCUT2D eigenvalue weighted by atomic mass is 16.6. The minimum atomic E-state index is -0.809. The van der Waals surface area contributed by atoms with E-state index in [9.17, 15) is 14.9 Å². The average Bonchev–Trinajstić information content (AvgIpc) is 2.85. The molecule has 0 aromatic heterocycles. The van der Waals surface area contributed by atoms with Gasteiger partial charge in [-0.3, -0.25) is 20.2 Å². The molecule has 3 atom stereocenters. The van der Waals surface area contributed by atoms with Crippen LogP contribution in [0.3, 0.4) is 0 Å². The van der Waals surface area contributed by atoms with Crippen molar-refractivity contribution in [3.05, 3.63) is 46.0 Å². The molecule has 1 aliphatic rings. The van der Waals surface area contributed by atoms with Crippen LogP contribution in [-0.4, -0.2) is 29.6 Å². The summed E-state index contributed by atoms with van der Waals surface area (Å²) in [6.45, 7) is 1.99. The van der Waals surface area contributed by atoms with Gasteiger partial charge in [-0.1, -0.05) is 30.3 Å². The average molecular weight is 264 g/mol. The topological polar surface area (TPSA) is 81.5 Å². The van der Waals surface area contributed by atoms with E-state index in [-0.39, 0.29) is 18.0 Å². The summed E-state index contributed by atoms with van der Waals surface area (Å²) in [5, 5.41) is 14.1. The summed E-state index contributed by atoms with van der Waals surface area (Å²) in [4.78, 5) is 22.5. The highest BCUT2D eigenvalue weighted by molar-refractivity contribution is 5.76. The fourth-order valence-electron chi connectivity index (χ4n) is 2.37. The van der Waals surface area contributed by atoms with Crippen molar-refractivity contribution in [2.24, 2.45) is 0 Å². The maximum absolute atomic E-state index is 11.7. The van der Waals surface area contributed by atoms with E-state index in [1.165, 1.54) is 0 Å². The first-order valence-corrected chi connectivity index (χ1v) is 6.24. The van der Waals surface area contributed by atoms with Crippen molar-refractivity contribution in [2.75, 3.05) is 6.61 Å². The summed E-state index contributed by atoms with van der Waals surface area (Å²) in [6, 6.07) is 7.27. The Kier molecular flexibility index (Phi) is 4.11. The molecule has 0 radical (unpaired) electrons. The summed E-state index contributed by atoms with van der Waals surface area (Å²) < 4.78 is 4.91. The highest BCUT2D eigenvalue weighted by Gasteiger charge is 2.45. The van der Waals surface area contributed by atoms with Crippen molar-refractivity contribution in [1.29, 1.82) is 0 Å². The van der Waals surface area contributed by atoms with E-state index in [1.54, 1.807) is 6.92 Å². The summed E-state index contributed by atoms with van der Waals surface area (Å²) in [5.41, 5.74) is 0.816. The minimum Gasteiger partial charge on any atom is -0.465 e. The summed E-state index contributed by atoms with van der Waals surface area (Å²) in [5.74, 6) is -0.423. The molecule has 1 saturated heterocycles. The molecule has 0 unspecified atom stereocenters. The van der Waals surface area contributed by atoms with E-state index in [4.69, 9.17) is 4.74 Å². The van der Waals surface area contributed by atoms with Gasteiger partial charge in [-0.25, -0.2) is 0 Å². The maximum atomic E-state index is 11.7. The zero-order valence-corrected chi connectivity index (χ0v) is 10.6. The van der Waals surface area contributed by atoms with Gasteiger partial charge in [-0.2, -0.15) is 0 Å². The molecule has 2 rings (SSSR count). The van der Waals surface area contributed by atoms with Gasteiger partial charge in [0.2, 0.25) is 6.04 Å². The van der Waals surface area contributed by atoms with Crippen LogP contribution in [0.15, 0.2) is 30.3 Å². The molecule has 6 nitrogen and oxygen atoms in total. The highest BCUT2D eigenvalue weighted by Crippen LogP contribution is 2.29.